The van der Waals surface area contributed by atoms with E-state index < -0.39 is 30.3 Å². The normalized spacial score (nSPS) is 24.0. The molecule has 0 bridgehead atoms. The van der Waals surface area contributed by atoms with Gasteiger partial charge in [0.05, 0.1) is 12.5 Å². The number of carboxylic acid groups (broad SMARTS) is 1. The third-order valence-electron chi connectivity index (χ3n) is 2.26. The van der Waals surface area contributed by atoms with Crippen molar-refractivity contribution >= 4 is 11.9 Å². The Bertz CT molecular complexity index is 324. The highest BCUT2D eigenvalue weighted by Crippen LogP contribution is 2.16. The van der Waals surface area contributed by atoms with E-state index in [4.69, 9.17) is 15.6 Å². The molecule has 7 nitrogen and oxygen atoms in total. The number of aliphatic carboxylic acids is 1. The van der Waals surface area contributed by atoms with Crippen LogP contribution in [0.3, 0.4) is 0 Å². The molecule has 0 spiro atoms. The SMILES string of the molecule is C#C.C#C.N[C@H]1C[C@@H](O)C[C@@H](C(=O)NCCC(=O)O)O1. The van der Waals surface area contributed by atoms with Crippen LogP contribution in [0.4, 0.5) is 0 Å². The van der Waals surface area contributed by atoms with Gasteiger partial charge in [-0.15, -0.1) is 25.7 Å². The smallest absolute Gasteiger partial charge is 0.305 e. The van der Waals surface area contributed by atoms with Gasteiger partial charge in [0.25, 0.3) is 0 Å². The summed E-state index contributed by atoms with van der Waals surface area (Å²) >= 11 is 0. The molecule has 3 atom stereocenters. The Morgan fingerprint density at radius 2 is 1.80 bits per heavy atom. The molecule has 1 rings (SSSR count). The van der Waals surface area contributed by atoms with Crippen molar-refractivity contribution in [2.45, 2.75) is 37.7 Å². The van der Waals surface area contributed by atoms with E-state index >= 15 is 0 Å². The minimum absolute atomic E-state index is 0.0410. The van der Waals surface area contributed by atoms with Crippen LogP contribution in [-0.2, 0) is 14.3 Å². The Morgan fingerprint density at radius 1 is 1.25 bits per heavy atom. The minimum Gasteiger partial charge on any atom is -0.481 e. The average Bonchev–Trinajstić information content (AvgIpc) is 2.41. The monoisotopic (exact) mass is 284 g/mol. The maximum absolute atomic E-state index is 11.5. The molecule has 20 heavy (non-hydrogen) atoms. The first-order valence-electron chi connectivity index (χ1n) is 5.74. The van der Waals surface area contributed by atoms with Crippen molar-refractivity contribution in [3.63, 3.8) is 0 Å². The third-order valence-corrected chi connectivity index (χ3v) is 2.26. The van der Waals surface area contributed by atoms with Gasteiger partial charge in [0.15, 0.2) is 0 Å². The van der Waals surface area contributed by atoms with E-state index in [9.17, 15) is 14.7 Å². The van der Waals surface area contributed by atoms with Gasteiger partial charge in [0.2, 0.25) is 5.91 Å². The van der Waals surface area contributed by atoms with E-state index in [-0.39, 0.29) is 19.4 Å². The molecule has 1 aliphatic heterocycles. The standard InChI is InChI=1S/C9H16N2O5.2C2H2/c10-7-4-5(12)3-6(16-7)9(15)11-2-1-8(13)14;2*1-2/h5-7,12H,1-4,10H2,(H,11,15)(H,13,14);2*1-2H/t5-,6-,7+;;/m0../s1. The van der Waals surface area contributed by atoms with Crippen LogP contribution in [0, 0.1) is 25.7 Å². The van der Waals surface area contributed by atoms with Gasteiger partial charge in [0.1, 0.15) is 12.3 Å². The van der Waals surface area contributed by atoms with Crippen molar-refractivity contribution in [2.24, 2.45) is 5.73 Å². The van der Waals surface area contributed by atoms with Gasteiger partial charge in [-0.05, 0) is 0 Å². The summed E-state index contributed by atoms with van der Waals surface area (Å²) in [6.45, 7) is 0.0410. The van der Waals surface area contributed by atoms with Crippen LogP contribution in [0.25, 0.3) is 0 Å². The Morgan fingerprint density at radius 3 is 2.25 bits per heavy atom. The molecule has 0 aliphatic carbocycles. The summed E-state index contributed by atoms with van der Waals surface area (Å²) in [5.41, 5.74) is 5.47. The topological polar surface area (TPSA) is 122 Å². The molecule has 0 saturated carbocycles. The zero-order valence-corrected chi connectivity index (χ0v) is 11.1. The van der Waals surface area contributed by atoms with Crippen LogP contribution in [0.1, 0.15) is 19.3 Å². The number of carboxylic acids is 1. The molecule has 0 aromatic heterocycles. The lowest BCUT2D eigenvalue weighted by atomic mass is 10.0. The maximum Gasteiger partial charge on any atom is 0.305 e. The Kier molecular flexibility index (Phi) is 12.2. The van der Waals surface area contributed by atoms with Crippen molar-refractivity contribution in [2.75, 3.05) is 6.54 Å². The summed E-state index contributed by atoms with van der Waals surface area (Å²) < 4.78 is 5.13. The third kappa shape index (κ3) is 8.95. The second-order valence-electron chi connectivity index (χ2n) is 3.72. The largest absolute Gasteiger partial charge is 0.481 e. The van der Waals surface area contributed by atoms with Crippen molar-refractivity contribution < 1.29 is 24.5 Å². The summed E-state index contributed by atoms with van der Waals surface area (Å²) in [6, 6.07) is 0. The lowest BCUT2D eigenvalue weighted by molar-refractivity contribution is -0.149. The van der Waals surface area contributed by atoms with Crippen LogP contribution < -0.4 is 11.1 Å². The van der Waals surface area contributed by atoms with Gasteiger partial charge >= 0.3 is 5.97 Å². The summed E-state index contributed by atoms with van der Waals surface area (Å²) in [5, 5.41) is 20.2. The maximum atomic E-state index is 11.5. The molecule has 1 aliphatic rings. The molecule has 1 fully saturated rings. The fourth-order valence-corrected chi connectivity index (χ4v) is 1.51. The number of carbonyl (C=O) groups excluding carboxylic acids is 1. The Balaban J connectivity index is 0. The number of ether oxygens (including phenoxy) is 1. The van der Waals surface area contributed by atoms with Crippen LogP contribution in [0.5, 0.6) is 0 Å². The number of amides is 1. The molecule has 1 amide bonds. The molecular formula is C13H20N2O5. The molecule has 112 valence electrons. The van der Waals surface area contributed by atoms with E-state index in [0.29, 0.717) is 6.42 Å². The minimum atomic E-state index is -0.985. The fraction of sp³-hybridized carbons (Fsp3) is 0.538. The molecule has 0 radical (unpaired) electrons. The van der Waals surface area contributed by atoms with E-state index in [2.05, 4.69) is 31.0 Å². The number of nitrogens with two attached hydrogens (primary N) is 1. The average molecular weight is 284 g/mol. The summed E-state index contributed by atoms with van der Waals surface area (Å²) in [4.78, 5) is 21.7. The van der Waals surface area contributed by atoms with E-state index in [1.54, 1.807) is 0 Å². The highest BCUT2D eigenvalue weighted by Gasteiger charge is 2.30. The highest BCUT2D eigenvalue weighted by molar-refractivity contribution is 5.81. The summed E-state index contributed by atoms with van der Waals surface area (Å²) in [7, 11) is 0. The van der Waals surface area contributed by atoms with Crippen molar-refractivity contribution in [1.29, 1.82) is 0 Å². The Hall–Kier alpha value is -2.06. The zero-order valence-electron chi connectivity index (χ0n) is 11.1. The van der Waals surface area contributed by atoms with Gasteiger partial charge < -0.3 is 26.0 Å². The molecule has 5 N–H and O–H groups in total. The van der Waals surface area contributed by atoms with Gasteiger partial charge in [-0.2, -0.15) is 0 Å². The highest BCUT2D eigenvalue weighted by atomic mass is 16.5. The summed E-state index contributed by atoms with van der Waals surface area (Å²) in [5.74, 6) is -1.42. The van der Waals surface area contributed by atoms with E-state index in [1.807, 2.05) is 0 Å². The number of terminal acetylenes is 2. The molecule has 1 saturated heterocycles. The Labute approximate surface area is 118 Å². The van der Waals surface area contributed by atoms with Gasteiger partial charge in [0, 0.05) is 19.4 Å². The first-order chi connectivity index (χ1) is 9.49. The van der Waals surface area contributed by atoms with Crippen molar-refractivity contribution in [3.05, 3.63) is 0 Å². The first kappa shape index (κ1) is 20.3. The van der Waals surface area contributed by atoms with Crippen molar-refractivity contribution in [3.8, 4) is 25.7 Å². The second-order valence-corrected chi connectivity index (χ2v) is 3.72. The lowest BCUT2D eigenvalue weighted by Crippen LogP contribution is -2.48. The molecular weight excluding hydrogens is 264 g/mol. The summed E-state index contributed by atoms with van der Waals surface area (Å²) in [6.07, 6.45) is 14.2. The predicted molar refractivity (Wildman–Crippen MR) is 73.1 cm³/mol. The van der Waals surface area contributed by atoms with Gasteiger partial charge in [-0.1, -0.05) is 0 Å². The zero-order chi connectivity index (χ0) is 16.1. The van der Waals surface area contributed by atoms with Crippen LogP contribution in [0.2, 0.25) is 0 Å². The van der Waals surface area contributed by atoms with E-state index in [1.165, 1.54) is 0 Å². The number of nitrogens with one attached hydrogen (secondary N) is 1. The molecule has 1 heterocycles. The number of aliphatic hydroxyl groups excluding tert-OH is 1. The molecule has 0 unspecified atom stereocenters. The number of aliphatic hydroxyl groups is 1. The number of rotatable bonds is 4. The van der Waals surface area contributed by atoms with Gasteiger partial charge in [-0.25, -0.2) is 0 Å². The number of hydrogen-bond donors (Lipinski definition) is 4. The molecule has 0 aromatic rings. The second kappa shape index (κ2) is 12.0. The lowest BCUT2D eigenvalue weighted by Gasteiger charge is -2.30. The van der Waals surface area contributed by atoms with Crippen LogP contribution in [-0.4, -0.2) is 47.1 Å². The number of carbonyl (C=O) groups is 2. The molecule has 0 aromatic carbocycles. The first-order valence-corrected chi connectivity index (χ1v) is 5.74. The number of hydrogen-bond acceptors (Lipinski definition) is 5. The van der Waals surface area contributed by atoms with Crippen LogP contribution in [0.15, 0.2) is 0 Å². The van der Waals surface area contributed by atoms with Crippen molar-refractivity contribution in [1.82, 2.24) is 5.32 Å². The predicted octanol–water partition coefficient (Wildman–Crippen LogP) is -1.10. The van der Waals surface area contributed by atoms with Gasteiger partial charge in [-0.3, -0.25) is 9.59 Å². The van der Waals surface area contributed by atoms with Crippen LogP contribution >= 0.6 is 0 Å². The fourth-order valence-electron chi connectivity index (χ4n) is 1.51. The quantitative estimate of drug-likeness (QED) is 0.486. The van der Waals surface area contributed by atoms with E-state index in [0.717, 1.165) is 0 Å². The molecule has 7 heteroatoms.